The summed E-state index contributed by atoms with van der Waals surface area (Å²) in [5, 5.41) is 27.9. The molecule has 26 heavy (non-hydrogen) atoms. The van der Waals surface area contributed by atoms with E-state index in [-0.39, 0.29) is 22.3 Å². The minimum absolute atomic E-state index is 0.00734. The van der Waals surface area contributed by atoms with Crippen LogP contribution in [0.3, 0.4) is 0 Å². The van der Waals surface area contributed by atoms with Crippen molar-refractivity contribution in [3.8, 4) is 18.2 Å². The van der Waals surface area contributed by atoms with Crippen molar-refractivity contribution in [3.05, 3.63) is 34.4 Å². The minimum atomic E-state index is -1.16. The summed E-state index contributed by atoms with van der Waals surface area (Å²) < 4.78 is 9.73. The van der Waals surface area contributed by atoms with Crippen molar-refractivity contribution in [1.29, 1.82) is 15.8 Å². The minimum Gasteiger partial charge on any atom is -0.469 e. The maximum absolute atomic E-state index is 12.6. The highest BCUT2D eigenvalue weighted by atomic mass is 16.5. The van der Waals surface area contributed by atoms with Crippen molar-refractivity contribution in [2.24, 2.45) is 11.3 Å². The number of hydrogen-bond donors (Lipinski definition) is 0. The van der Waals surface area contributed by atoms with Gasteiger partial charge in [-0.15, -0.1) is 0 Å². The molecule has 0 bridgehead atoms. The van der Waals surface area contributed by atoms with Crippen molar-refractivity contribution in [2.75, 3.05) is 14.2 Å². The first-order valence-electron chi connectivity index (χ1n) is 7.70. The molecule has 2 atom stereocenters. The molecule has 1 rings (SSSR count). The first-order chi connectivity index (χ1) is 12.2. The summed E-state index contributed by atoms with van der Waals surface area (Å²) >= 11 is 0. The van der Waals surface area contributed by atoms with Gasteiger partial charge in [-0.25, -0.2) is 0 Å². The monoisotopic (exact) mass is 353 g/mol. The van der Waals surface area contributed by atoms with Crippen molar-refractivity contribution >= 4 is 11.9 Å². The van der Waals surface area contributed by atoms with Crippen LogP contribution in [0.2, 0.25) is 0 Å². The molecule has 1 aromatic carbocycles. The zero-order chi connectivity index (χ0) is 20.1. The molecule has 0 amide bonds. The van der Waals surface area contributed by atoms with Gasteiger partial charge in [-0.05, 0) is 23.1 Å². The van der Waals surface area contributed by atoms with Gasteiger partial charge in [0.2, 0.25) is 0 Å². The predicted molar refractivity (Wildman–Crippen MR) is 90.3 cm³/mol. The molecule has 0 spiro atoms. The number of rotatable bonds is 4. The fourth-order valence-corrected chi connectivity index (χ4v) is 2.84. The molecule has 0 aromatic heterocycles. The Kier molecular flexibility index (Phi) is 6.47. The molecule has 134 valence electrons. The van der Waals surface area contributed by atoms with E-state index in [0.29, 0.717) is 0 Å². The van der Waals surface area contributed by atoms with E-state index in [9.17, 15) is 20.1 Å². The number of nitriles is 3. The average molecular weight is 353 g/mol. The number of ether oxygens (including phenoxy) is 2. The third-order valence-electron chi connectivity index (χ3n) is 4.06. The van der Waals surface area contributed by atoms with Crippen LogP contribution >= 0.6 is 0 Å². The number of methoxy groups -OCH3 is 2. The second kappa shape index (κ2) is 8.14. The van der Waals surface area contributed by atoms with E-state index in [0.717, 1.165) is 0 Å². The average Bonchev–Trinajstić information content (AvgIpc) is 2.62. The first kappa shape index (κ1) is 20.7. The summed E-state index contributed by atoms with van der Waals surface area (Å²) in [6, 6.07) is 8.17. The fraction of sp³-hybridized carbons (Fsp3) is 0.421. The Morgan fingerprint density at radius 1 is 0.885 bits per heavy atom. The smallest absolute Gasteiger partial charge is 0.314 e. The highest BCUT2D eigenvalue weighted by molar-refractivity contribution is 5.87. The van der Waals surface area contributed by atoms with Gasteiger partial charge in [0.1, 0.15) is 12.1 Å². The molecule has 0 unspecified atom stereocenters. The summed E-state index contributed by atoms with van der Waals surface area (Å²) in [4.78, 5) is 25.0. The normalized spacial score (nSPS) is 12.7. The second-order valence-electron chi connectivity index (χ2n) is 6.69. The van der Waals surface area contributed by atoms with Crippen molar-refractivity contribution in [1.82, 2.24) is 0 Å². The van der Waals surface area contributed by atoms with Crippen LogP contribution < -0.4 is 0 Å². The van der Waals surface area contributed by atoms with Crippen LogP contribution in [-0.2, 0) is 19.1 Å². The molecule has 1 aromatic rings. The molecule has 0 saturated heterocycles. The number of benzene rings is 1. The van der Waals surface area contributed by atoms with Crippen LogP contribution in [0.1, 0.15) is 48.9 Å². The first-order valence-corrected chi connectivity index (χ1v) is 7.70. The van der Waals surface area contributed by atoms with E-state index < -0.39 is 29.2 Å². The Balaban J connectivity index is 3.85. The maximum atomic E-state index is 12.6. The molecule has 0 aliphatic carbocycles. The Morgan fingerprint density at radius 3 is 1.73 bits per heavy atom. The molecule has 7 nitrogen and oxygen atoms in total. The van der Waals surface area contributed by atoms with Gasteiger partial charge in [0.15, 0.2) is 0 Å². The molecule has 0 radical (unpaired) electrons. The Labute approximate surface area is 152 Å². The van der Waals surface area contributed by atoms with Gasteiger partial charge in [0, 0.05) is 0 Å². The van der Waals surface area contributed by atoms with E-state index >= 15 is 0 Å². The Hall–Kier alpha value is -3.37. The lowest BCUT2D eigenvalue weighted by molar-refractivity contribution is -0.158. The van der Waals surface area contributed by atoms with E-state index in [4.69, 9.17) is 14.7 Å². The number of hydrogen-bond acceptors (Lipinski definition) is 7. The zero-order valence-electron chi connectivity index (χ0n) is 15.3. The molecule has 7 heteroatoms. The Morgan fingerprint density at radius 2 is 1.35 bits per heavy atom. The molecule has 0 saturated carbocycles. The van der Waals surface area contributed by atoms with E-state index in [2.05, 4.69) is 0 Å². The quantitative estimate of drug-likeness (QED) is 0.761. The third-order valence-corrected chi connectivity index (χ3v) is 4.06. The van der Waals surface area contributed by atoms with Gasteiger partial charge in [0.25, 0.3) is 0 Å². The largest absolute Gasteiger partial charge is 0.469 e. The zero-order valence-corrected chi connectivity index (χ0v) is 15.3. The maximum Gasteiger partial charge on any atom is 0.314 e. The molecule has 0 fully saturated rings. The van der Waals surface area contributed by atoms with Gasteiger partial charge in [0.05, 0.1) is 48.8 Å². The molecule has 0 aliphatic rings. The van der Waals surface area contributed by atoms with Gasteiger partial charge < -0.3 is 9.47 Å². The van der Waals surface area contributed by atoms with Crippen LogP contribution in [0.15, 0.2) is 12.1 Å². The summed E-state index contributed by atoms with van der Waals surface area (Å²) in [6.45, 7) is 5.27. The topological polar surface area (TPSA) is 124 Å². The lowest BCUT2D eigenvalue weighted by Crippen LogP contribution is -2.39. The molecule has 0 aliphatic heterocycles. The third kappa shape index (κ3) is 3.99. The van der Waals surface area contributed by atoms with Crippen LogP contribution in [0.5, 0.6) is 0 Å². The molecule has 0 heterocycles. The number of carbonyl (C=O) groups is 2. The standard InChI is InChI=1S/C19H19N3O4/c1-19(2,3)16(18(24)26-5)15(17(23)25-4)14-7-12(9-21)11(8-20)6-13(14)10-22/h6-7,15-16H,1-5H3/t15-,16-/m0/s1. The molecular weight excluding hydrogens is 334 g/mol. The summed E-state index contributed by atoms with van der Waals surface area (Å²) in [5.74, 6) is -3.51. The van der Waals surface area contributed by atoms with E-state index in [1.54, 1.807) is 20.8 Å². The lowest BCUT2D eigenvalue weighted by atomic mass is 9.69. The van der Waals surface area contributed by atoms with Crippen molar-refractivity contribution < 1.29 is 19.1 Å². The van der Waals surface area contributed by atoms with E-state index in [1.165, 1.54) is 26.4 Å². The molecular formula is C19H19N3O4. The number of nitrogens with zero attached hydrogens (tertiary/aromatic N) is 3. The van der Waals surface area contributed by atoms with Gasteiger partial charge in [-0.1, -0.05) is 20.8 Å². The van der Waals surface area contributed by atoms with Crippen molar-refractivity contribution in [2.45, 2.75) is 26.7 Å². The van der Waals surface area contributed by atoms with Crippen LogP contribution in [0.25, 0.3) is 0 Å². The lowest BCUT2D eigenvalue weighted by Gasteiger charge is -2.34. The highest BCUT2D eigenvalue weighted by Crippen LogP contribution is 2.41. The molecule has 0 N–H and O–H groups in total. The summed E-state index contributed by atoms with van der Waals surface area (Å²) in [5.41, 5.74) is -0.511. The summed E-state index contributed by atoms with van der Waals surface area (Å²) in [7, 11) is 2.38. The van der Waals surface area contributed by atoms with E-state index in [1.807, 2.05) is 18.2 Å². The van der Waals surface area contributed by atoms with Crippen LogP contribution in [0, 0.1) is 45.3 Å². The Bertz CT molecular complexity index is 848. The summed E-state index contributed by atoms with van der Waals surface area (Å²) in [6.07, 6.45) is 0. The number of carbonyl (C=O) groups excluding carboxylic acids is 2. The SMILES string of the molecule is COC(=O)[C@H]([C@@H](C(=O)OC)c1cc(C#N)c(C#N)cc1C#N)C(C)(C)C. The van der Waals surface area contributed by atoms with Gasteiger partial charge in [-0.3, -0.25) is 9.59 Å². The second-order valence-corrected chi connectivity index (χ2v) is 6.69. The van der Waals surface area contributed by atoms with Crippen LogP contribution in [-0.4, -0.2) is 26.2 Å². The van der Waals surface area contributed by atoms with Gasteiger partial charge in [-0.2, -0.15) is 15.8 Å². The van der Waals surface area contributed by atoms with Crippen molar-refractivity contribution in [3.63, 3.8) is 0 Å². The highest BCUT2D eigenvalue weighted by Gasteiger charge is 2.45. The number of esters is 2. The van der Waals surface area contributed by atoms with Gasteiger partial charge >= 0.3 is 11.9 Å². The van der Waals surface area contributed by atoms with Crippen LogP contribution in [0.4, 0.5) is 0 Å². The fourth-order valence-electron chi connectivity index (χ4n) is 2.84. The predicted octanol–water partition coefficient (Wildman–Crippen LogP) is 2.39.